The predicted octanol–water partition coefficient (Wildman–Crippen LogP) is 3.59. The fourth-order valence-electron chi connectivity index (χ4n) is 1.19. The second-order valence-electron chi connectivity index (χ2n) is 3.75. The fraction of sp³-hybridized carbons (Fsp3) is 0.545. The van der Waals surface area contributed by atoms with E-state index in [0.717, 1.165) is 16.3 Å². The minimum Gasteiger partial charge on any atom is -0.357 e. The molecular weight excluding hydrogens is 413 g/mol. The lowest BCUT2D eigenvalue weighted by Crippen LogP contribution is -2.40. The molecule has 0 aliphatic carbocycles. The average molecular weight is 432 g/mol. The molecule has 0 atom stereocenters. The molecule has 98 valence electrons. The van der Waals surface area contributed by atoms with Gasteiger partial charge in [-0.05, 0) is 53.7 Å². The third-order valence-corrected chi connectivity index (χ3v) is 3.36. The Kier molecular flexibility index (Phi) is 9.25. The highest BCUT2D eigenvalue weighted by atomic mass is 127. The van der Waals surface area contributed by atoms with Crippen LogP contribution in [0, 0.1) is 0 Å². The van der Waals surface area contributed by atoms with Crippen LogP contribution >= 0.6 is 51.2 Å². The Morgan fingerprint density at radius 1 is 1.53 bits per heavy atom. The third-order valence-electron chi connectivity index (χ3n) is 1.81. The molecule has 0 fully saturated rings. The molecule has 0 amide bonds. The van der Waals surface area contributed by atoms with E-state index < -0.39 is 0 Å². The van der Waals surface area contributed by atoms with Crippen LogP contribution in [0.3, 0.4) is 0 Å². The summed E-state index contributed by atoms with van der Waals surface area (Å²) < 4.78 is 1.15. The van der Waals surface area contributed by atoms with Crippen molar-refractivity contribution in [3.8, 4) is 0 Å². The number of aliphatic imine (C=N–C) groups is 1. The lowest BCUT2D eigenvalue weighted by Gasteiger charge is -2.13. The van der Waals surface area contributed by atoms with Crippen molar-refractivity contribution in [3.05, 3.63) is 20.8 Å². The first-order valence-corrected chi connectivity index (χ1v) is 7.06. The molecule has 0 aromatic carbocycles. The van der Waals surface area contributed by atoms with Gasteiger partial charge >= 0.3 is 0 Å². The van der Waals surface area contributed by atoms with E-state index in [1.165, 1.54) is 5.56 Å². The molecule has 1 aromatic heterocycles. The molecule has 0 aliphatic heterocycles. The van der Waals surface area contributed by atoms with E-state index in [1.807, 2.05) is 0 Å². The minimum atomic E-state index is 0. The Bertz CT molecular complexity index is 352. The molecule has 0 unspecified atom stereocenters. The topological polar surface area (TPSA) is 36.4 Å². The molecule has 1 aromatic rings. The van der Waals surface area contributed by atoms with Crippen molar-refractivity contribution in [2.24, 2.45) is 4.99 Å². The number of thiophene rings is 1. The molecule has 6 heteroatoms. The summed E-state index contributed by atoms with van der Waals surface area (Å²) >= 11 is 5.14. The molecule has 17 heavy (non-hydrogen) atoms. The Morgan fingerprint density at radius 2 is 2.24 bits per heavy atom. The van der Waals surface area contributed by atoms with Gasteiger partial charge in [-0.25, -0.2) is 4.99 Å². The van der Waals surface area contributed by atoms with Crippen LogP contribution in [0.15, 0.2) is 20.2 Å². The van der Waals surface area contributed by atoms with Crippen LogP contribution in [-0.2, 0) is 6.54 Å². The van der Waals surface area contributed by atoms with Crippen LogP contribution in [0.5, 0.6) is 0 Å². The molecule has 0 radical (unpaired) electrons. The lowest BCUT2D eigenvalue weighted by atomic mass is 10.3. The molecule has 1 rings (SSSR count). The molecule has 0 saturated heterocycles. The normalized spacial score (nSPS) is 11.2. The maximum atomic E-state index is 4.52. The van der Waals surface area contributed by atoms with Gasteiger partial charge in [0.15, 0.2) is 5.96 Å². The highest BCUT2D eigenvalue weighted by Crippen LogP contribution is 2.20. The molecule has 0 bridgehead atoms. The first kappa shape index (κ1) is 17.2. The first-order chi connectivity index (χ1) is 7.61. The van der Waals surface area contributed by atoms with Gasteiger partial charge in [-0.15, -0.1) is 35.3 Å². The van der Waals surface area contributed by atoms with Crippen molar-refractivity contribution in [2.75, 3.05) is 6.54 Å². The quantitative estimate of drug-likeness (QED) is 0.434. The second kappa shape index (κ2) is 9.16. The van der Waals surface area contributed by atoms with Gasteiger partial charge in [0, 0.05) is 12.6 Å². The zero-order valence-electron chi connectivity index (χ0n) is 10.3. The largest absolute Gasteiger partial charge is 0.357 e. The van der Waals surface area contributed by atoms with Crippen LogP contribution in [0.2, 0.25) is 0 Å². The number of rotatable bonds is 4. The van der Waals surface area contributed by atoms with Gasteiger partial charge < -0.3 is 10.6 Å². The zero-order valence-corrected chi connectivity index (χ0v) is 15.0. The molecule has 0 saturated carbocycles. The monoisotopic (exact) mass is 431 g/mol. The number of nitrogens with zero attached hydrogens (tertiary/aromatic N) is 1. The third kappa shape index (κ3) is 7.25. The van der Waals surface area contributed by atoms with Crippen molar-refractivity contribution < 1.29 is 0 Å². The van der Waals surface area contributed by atoms with Crippen molar-refractivity contribution in [1.29, 1.82) is 0 Å². The van der Waals surface area contributed by atoms with E-state index in [1.54, 1.807) is 11.3 Å². The van der Waals surface area contributed by atoms with Gasteiger partial charge in [0.1, 0.15) is 0 Å². The van der Waals surface area contributed by atoms with Gasteiger partial charge in [-0.1, -0.05) is 0 Å². The summed E-state index contributed by atoms with van der Waals surface area (Å²) in [5.41, 5.74) is 1.23. The number of halogens is 2. The number of guanidine groups is 1. The highest BCUT2D eigenvalue weighted by Gasteiger charge is 2.00. The van der Waals surface area contributed by atoms with E-state index in [2.05, 4.69) is 63.8 Å². The van der Waals surface area contributed by atoms with Crippen molar-refractivity contribution in [2.45, 2.75) is 33.4 Å². The van der Waals surface area contributed by atoms with Gasteiger partial charge in [0.25, 0.3) is 0 Å². The number of hydrogen-bond donors (Lipinski definition) is 2. The summed E-state index contributed by atoms with van der Waals surface area (Å²) in [5, 5.41) is 8.63. The Labute approximate surface area is 133 Å². The van der Waals surface area contributed by atoms with E-state index >= 15 is 0 Å². The van der Waals surface area contributed by atoms with Crippen molar-refractivity contribution >= 4 is 57.2 Å². The Balaban J connectivity index is 0.00000256. The van der Waals surface area contributed by atoms with E-state index in [-0.39, 0.29) is 24.0 Å². The molecule has 2 N–H and O–H groups in total. The van der Waals surface area contributed by atoms with Crippen molar-refractivity contribution in [1.82, 2.24) is 10.6 Å². The summed E-state index contributed by atoms with van der Waals surface area (Å²) in [6.45, 7) is 7.87. The van der Waals surface area contributed by atoms with Crippen LogP contribution < -0.4 is 10.6 Å². The Hall–Kier alpha value is 0.180. The molecule has 0 aliphatic rings. The summed E-state index contributed by atoms with van der Waals surface area (Å²) in [5.74, 6) is 0.875. The maximum Gasteiger partial charge on any atom is 0.191 e. The van der Waals surface area contributed by atoms with E-state index in [9.17, 15) is 0 Å². The van der Waals surface area contributed by atoms with Crippen LogP contribution in [-0.4, -0.2) is 18.5 Å². The summed E-state index contributed by atoms with van der Waals surface area (Å²) in [6.07, 6.45) is 0. The Morgan fingerprint density at radius 3 is 2.71 bits per heavy atom. The summed E-state index contributed by atoms with van der Waals surface area (Å²) in [6, 6.07) is 2.50. The van der Waals surface area contributed by atoms with Crippen molar-refractivity contribution in [3.63, 3.8) is 0 Å². The highest BCUT2D eigenvalue weighted by molar-refractivity contribution is 14.0. The van der Waals surface area contributed by atoms with Crippen LogP contribution in [0.25, 0.3) is 0 Å². The number of nitrogens with one attached hydrogen (secondary N) is 2. The van der Waals surface area contributed by atoms with Gasteiger partial charge in [-0.2, -0.15) is 0 Å². The predicted molar refractivity (Wildman–Crippen MR) is 90.5 cm³/mol. The maximum absolute atomic E-state index is 4.52. The van der Waals surface area contributed by atoms with E-state index in [4.69, 9.17) is 0 Å². The smallest absolute Gasteiger partial charge is 0.191 e. The van der Waals surface area contributed by atoms with Crippen LogP contribution in [0.1, 0.15) is 26.3 Å². The SMILES string of the molecule is CCNC(=NCc1csc(Br)c1)NC(C)C.I. The number of hydrogen-bond acceptors (Lipinski definition) is 2. The fourth-order valence-corrected chi connectivity index (χ4v) is 2.39. The summed E-state index contributed by atoms with van der Waals surface area (Å²) in [4.78, 5) is 4.52. The molecular formula is C11H19BrIN3S. The lowest BCUT2D eigenvalue weighted by molar-refractivity contribution is 0.701. The van der Waals surface area contributed by atoms with Gasteiger partial charge in [0.2, 0.25) is 0 Å². The molecule has 0 spiro atoms. The minimum absolute atomic E-state index is 0. The summed E-state index contributed by atoms with van der Waals surface area (Å²) in [7, 11) is 0. The second-order valence-corrected chi connectivity index (χ2v) is 6.04. The van der Waals surface area contributed by atoms with Gasteiger partial charge in [-0.3, -0.25) is 0 Å². The molecule has 1 heterocycles. The first-order valence-electron chi connectivity index (χ1n) is 5.39. The molecule has 3 nitrogen and oxygen atoms in total. The standard InChI is InChI=1S/C11H18BrN3S.HI/c1-4-13-11(15-8(2)3)14-6-9-5-10(12)16-7-9;/h5,7-8H,4,6H2,1-3H3,(H2,13,14,15);1H. The van der Waals surface area contributed by atoms with Gasteiger partial charge in [0.05, 0.1) is 10.3 Å². The zero-order chi connectivity index (χ0) is 12.0. The van der Waals surface area contributed by atoms with Crippen LogP contribution in [0.4, 0.5) is 0 Å². The average Bonchev–Trinajstić information content (AvgIpc) is 2.60. The van der Waals surface area contributed by atoms with E-state index in [0.29, 0.717) is 12.6 Å².